The molecule has 2 aromatic rings. The molecule has 0 amide bonds. The molecule has 4 heteroatoms. The Hall–Kier alpha value is -0.930. The molecule has 2 rings (SSSR count). The Morgan fingerprint density at radius 1 is 1.50 bits per heavy atom. The number of nitrogen functional groups attached to an aromatic ring is 1. The van der Waals surface area contributed by atoms with Crippen LogP contribution < -0.4 is 10.5 Å². The second-order valence-corrected chi connectivity index (χ2v) is 4.33. The van der Waals surface area contributed by atoms with E-state index in [1.54, 1.807) is 0 Å². The van der Waals surface area contributed by atoms with E-state index < -0.39 is 0 Å². The van der Waals surface area contributed by atoms with Crippen molar-refractivity contribution in [2.45, 2.75) is 6.92 Å². The van der Waals surface area contributed by atoms with Gasteiger partial charge in [-0.1, -0.05) is 11.6 Å². The molecule has 0 saturated carbocycles. The first-order chi connectivity index (χ1) is 6.72. The third-order valence-electron chi connectivity index (χ3n) is 1.93. The third-order valence-corrected chi connectivity index (χ3v) is 3.45. The minimum absolute atomic E-state index is 0.631. The van der Waals surface area contributed by atoms with E-state index >= 15 is 0 Å². The molecule has 0 unspecified atom stereocenters. The molecule has 74 valence electrons. The topological polar surface area (TPSA) is 35.2 Å². The lowest BCUT2D eigenvalue weighted by atomic mass is 10.2. The Labute approximate surface area is 91.2 Å². The fourth-order valence-corrected chi connectivity index (χ4v) is 2.49. The zero-order valence-corrected chi connectivity index (χ0v) is 9.28. The van der Waals surface area contributed by atoms with Crippen molar-refractivity contribution in [2.24, 2.45) is 0 Å². The minimum Gasteiger partial charge on any atom is -0.494 e. The summed E-state index contributed by atoms with van der Waals surface area (Å²) in [6, 6.07) is 5.83. The van der Waals surface area contributed by atoms with Crippen molar-refractivity contribution in [3.8, 4) is 5.75 Å². The highest BCUT2D eigenvalue weighted by molar-refractivity contribution is 7.23. The van der Waals surface area contributed by atoms with E-state index in [1.807, 2.05) is 25.1 Å². The molecule has 0 saturated heterocycles. The van der Waals surface area contributed by atoms with Crippen LogP contribution >= 0.6 is 22.9 Å². The Morgan fingerprint density at radius 3 is 3.00 bits per heavy atom. The van der Waals surface area contributed by atoms with E-state index in [0.29, 0.717) is 16.6 Å². The lowest BCUT2D eigenvalue weighted by Crippen LogP contribution is -1.90. The number of rotatable bonds is 2. The monoisotopic (exact) mass is 227 g/mol. The fraction of sp³-hybridized carbons (Fsp3) is 0.200. The van der Waals surface area contributed by atoms with Crippen LogP contribution in [0.3, 0.4) is 0 Å². The smallest absolute Gasteiger partial charge is 0.120 e. The van der Waals surface area contributed by atoms with E-state index in [-0.39, 0.29) is 0 Å². The second kappa shape index (κ2) is 3.67. The van der Waals surface area contributed by atoms with Crippen LogP contribution in [0.5, 0.6) is 5.75 Å². The second-order valence-electron chi connectivity index (χ2n) is 2.87. The molecule has 0 aliphatic rings. The number of ether oxygens (including phenoxy) is 1. The standard InChI is InChI=1S/C10H10ClNOS/c1-2-13-6-3-4-8-7(5-6)9(11)10(12)14-8/h3-5H,2,12H2,1H3. The molecular weight excluding hydrogens is 218 g/mol. The van der Waals surface area contributed by atoms with Crippen LogP contribution in [0.1, 0.15) is 6.92 Å². The maximum atomic E-state index is 6.04. The third kappa shape index (κ3) is 1.53. The zero-order chi connectivity index (χ0) is 10.1. The molecule has 14 heavy (non-hydrogen) atoms. The first kappa shape index (κ1) is 9.62. The summed E-state index contributed by atoms with van der Waals surface area (Å²) in [5.41, 5.74) is 5.72. The molecule has 0 aliphatic heterocycles. The summed E-state index contributed by atoms with van der Waals surface area (Å²) >= 11 is 7.54. The molecule has 1 aromatic heterocycles. The Morgan fingerprint density at radius 2 is 2.29 bits per heavy atom. The van der Waals surface area contributed by atoms with Crippen molar-refractivity contribution in [3.05, 3.63) is 23.2 Å². The largest absolute Gasteiger partial charge is 0.494 e. The molecule has 2 nitrogen and oxygen atoms in total. The van der Waals surface area contributed by atoms with Gasteiger partial charge in [-0.2, -0.15) is 0 Å². The van der Waals surface area contributed by atoms with Crippen molar-refractivity contribution >= 4 is 38.0 Å². The molecule has 0 radical (unpaired) electrons. The van der Waals surface area contributed by atoms with Gasteiger partial charge in [0.05, 0.1) is 11.6 Å². The number of hydrogen-bond donors (Lipinski definition) is 1. The number of hydrogen-bond acceptors (Lipinski definition) is 3. The van der Waals surface area contributed by atoms with Crippen LogP contribution in [0.2, 0.25) is 5.02 Å². The van der Waals surface area contributed by atoms with Crippen LogP contribution in [-0.4, -0.2) is 6.61 Å². The summed E-state index contributed by atoms with van der Waals surface area (Å²) in [7, 11) is 0. The molecule has 0 spiro atoms. The Balaban J connectivity index is 2.58. The SMILES string of the molecule is CCOc1ccc2sc(N)c(Cl)c2c1. The number of benzene rings is 1. The van der Waals surface area contributed by atoms with Gasteiger partial charge >= 0.3 is 0 Å². The first-order valence-corrected chi connectivity index (χ1v) is 5.52. The minimum atomic E-state index is 0.631. The van der Waals surface area contributed by atoms with Crippen molar-refractivity contribution in [1.82, 2.24) is 0 Å². The van der Waals surface area contributed by atoms with Crippen LogP contribution in [0.25, 0.3) is 10.1 Å². The quantitative estimate of drug-likeness (QED) is 0.852. The number of anilines is 1. The highest BCUT2D eigenvalue weighted by atomic mass is 35.5. The summed E-state index contributed by atoms with van der Waals surface area (Å²) in [5, 5.41) is 2.27. The number of thiophene rings is 1. The van der Waals surface area contributed by atoms with Crippen molar-refractivity contribution in [3.63, 3.8) is 0 Å². The number of halogens is 1. The lowest BCUT2D eigenvalue weighted by molar-refractivity contribution is 0.341. The van der Waals surface area contributed by atoms with Gasteiger partial charge in [-0.3, -0.25) is 0 Å². The van der Waals surface area contributed by atoms with E-state index in [9.17, 15) is 0 Å². The Bertz CT molecular complexity index is 466. The molecular formula is C10H10ClNOS. The summed E-state index contributed by atoms with van der Waals surface area (Å²) < 4.78 is 6.48. The highest BCUT2D eigenvalue weighted by Gasteiger charge is 2.07. The summed E-state index contributed by atoms with van der Waals surface area (Å²) in [6.07, 6.45) is 0. The highest BCUT2D eigenvalue weighted by Crippen LogP contribution is 2.38. The van der Waals surface area contributed by atoms with Gasteiger partial charge in [0.25, 0.3) is 0 Å². The van der Waals surface area contributed by atoms with Gasteiger partial charge < -0.3 is 10.5 Å². The zero-order valence-electron chi connectivity index (χ0n) is 7.71. The van der Waals surface area contributed by atoms with E-state index in [2.05, 4.69) is 0 Å². The Kier molecular flexibility index (Phi) is 2.52. The normalized spacial score (nSPS) is 10.7. The molecule has 0 fully saturated rings. The van der Waals surface area contributed by atoms with E-state index in [1.165, 1.54) is 11.3 Å². The molecule has 0 bridgehead atoms. The lowest BCUT2D eigenvalue weighted by Gasteiger charge is -2.01. The van der Waals surface area contributed by atoms with Gasteiger partial charge in [-0.15, -0.1) is 11.3 Å². The summed E-state index contributed by atoms with van der Waals surface area (Å²) in [5.74, 6) is 0.833. The molecule has 0 atom stereocenters. The van der Waals surface area contributed by atoms with Gasteiger partial charge in [0.15, 0.2) is 0 Å². The van der Waals surface area contributed by atoms with Gasteiger partial charge in [0, 0.05) is 10.1 Å². The summed E-state index contributed by atoms with van der Waals surface area (Å²) in [6.45, 7) is 2.61. The maximum absolute atomic E-state index is 6.04. The molecule has 0 aliphatic carbocycles. The van der Waals surface area contributed by atoms with E-state index in [4.69, 9.17) is 22.1 Å². The van der Waals surface area contributed by atoms with Crippen molar-refractivity contribution in [1.29, 1.82) is 0 Å². The fourth-order valence-electron chi connectivity index (χ4n) is 1.32. The maximum Gasteiger partial charge on any atom is 0.120 e. The molecule has 1 aromatic carbocycles. The first-order valence-electron chi connectivity index (χ1n) is 4.32. The van der Waals surface area contributed by atoms with Crippen LogP contribution in [-0.2, 0) is 0 Å². The molecule has 2 N–H and O–H groups in total. The van der Waals surface area contributed by atoms with Gasteiger partial charge in [0.1, 0.15) is 10.8 Å². The summed E-state index contributed by atoms with van der Waals surface area (Å²) in [4.78, 5) is 0. The predicted octanol–water partition coefficient (Wildman–Crippen LogP) is 3.54. The van der Waals surface area contributed by atoms with Gasteiger partial charge in [-0.05, 0) is 25.1 Å². The predicted molar refractivity (Wildman–Crippen MR) is 62.4 cm³/mol. The van der Waals surface area contributed by atoms with E-state index in [0.717, 1.165) is 15.8 Å². The average Bonchev–Trinajstić information content (AvgIpc) is 2.45. The van der Waals surface area contributed by atoms with Crippen LogP contribution in [0, 0.1) is 0 Å². The van der Waals surface area contributed by atoms with Gasteiger partial charge in [-0.25, -0.2) is 0 Å². The van der Waals surface area contributed by atoms with Crippen molar-refractivity contribution in [2.75, 3.05) is 12.3 Å². The molecule has 1 heterocycles. The number of nitrogens with two attached hydrogens (primary N) is 1. The van der Waals surface area contributed by atoms with Crippen LogP contribution in [0.4, 0.5) is 5.00 Å². The van der Waals surface area contributed by atoms with Crippen LogP contribution in [0.15, 0.2) is 18.2 Å². The average molecular weight is 228 g/mol. The van der Waals surface area contributed by atoms with Crippen molar-refractivity contribution < 1.29 is 4.74 Å². The van der Waals surface area contributed by atoms with Gasteiger partial charge in [0.2, 0.25) is 0 Å². The number of fused-ring (bicyclic) bond motifs is 1.